The molecule has 208 valence electrons. The maximum absolute atomic E-state index is 13.5. The molecule has 0 saturated heterocycles. The van der Waals surface area contributed by atoms with Gasteiger partial charge < -0.3 is 9.47 Å². The minimum Gasteiger partial charge on any atom is -0.464 e. The van der Waals surface area contributed by atoms with Crippen LogP contribution in [0.25, 0.3) is 0 Å². The van der Waals surface area contributed by atoms with Gasteiger partial charge in [0.1, 0.15) is 0 Å². The topological polar surface area (TPSA) is 47.9 Å². The monoisotopic (exact) mass is 519 g/mol. The second-order valence-corrected chi connectivity index (χ2v) is 12.4. The van der Waals surface area contributed by atoms with Crippen LogP contribution in [0.1, 0.15) is 85.3 Å². The third-order valence-electron chi connectivity index (χ3n) is 8.11. The van der Waals surface area contributed by atoms with Gasteiger partial charge in [-0.15, -0.1) is 0 Å². The number of esters is 1. The zero-order valence-electron chi connectivity index (χ0n) is 24.7. The van der Waals surface area contributed by atoms with E-state index in [-0.39, 0.29) is 23.4 Å². The number of rotatable bonds is 11. The van der Waals surface area contributed by atoms with Crippen molar-refractivity contribution in [2.24, 2.45) is 34.1 Å². The molecule has 2 aromatic carbocycles. The van der Waals surface area contributed by atoms with Crippen molar-refractivity contribution in [3.63, 3.8) is 0 Å². The summed E-state index contributed by atoms with van der Waals surface area (Å²) in [5.41, 5.74) is 2.64. The average molecular weight is 520 g/mol. The normalized spacial score (nSPS) is 21.5. The van der Waals surface area contributed by atoms with Gasteiger partial charge in [-0.05, 0) is 55.3 Å². The number of carbonyl (C=O) groups excluding carboxylic acids is 1. The molecule has 4 nitrogen and oxygen atoms in total. The van der Waals surface area contributed by atoms with E-state index in [4.69, 9.17) is 14.5 Å². The molecule has 1 saturated carbocycles. The van der Waals surface area contributed by atoms with Gasteiger partial charge in [-0.25, -0.2) is 4.79 Å². The molecule has 3 rings (SSSR count). The van der Waals surface area contributed by atoms with Crippen molar-refractivity contribution in [1.29, 1.82) is 0 Å². The van der Waals surface area contributed by atoms with Crippen LogP contribution < -0.4 is 0 Å². The Bertz CT molecular complexity index is 968. The smallest absolute Gasteiger partial charge is 0.331 e. The summed E-state index contributed by atoms with van der Waals surface area (Å²) in [4.78, 5) is 18.7. The summed E-state index contributed by atoms with van der Waals surface area (Å²) in [6.07, 6.45) is 4.68. The maximum atomic E-state index is 13.5. The highest BCUT2D eigenvalue weighted by atomic mass is 16.5. The van der Waals surface area contributed by atoms with Gasteiger partial charge in [-0.3, -0.25) is 4.99 Å². The van der Waals surface area contributed by atoms with Gasteiger partial charge in [-0.1, -0.05) is 109 Å². The van der Waals surface area contributed by atoms with Crippen molar-refractivity contribution in [3.05, 3.63) is 71.8 Å². The summed E-state index contributed by atoms with van der Waals surface area (Å²) in [6.45, 7) is 16.4. The second kappa shape index (κ2) is 14.1. The van der Waals surface area contributed by atoms with Gasteiger partial charge in [0, 0.05) is 17.7 Å². The van der Waals surface area contributed by atoms with E-state index in [1.807, 2.05) is 43.3 Å². The van der Waals surface area contributed by atoms with Gasteiger partial charge in [0.05, 0.1) is 18.4 Å². The molecule has 0 amide bonds. The number of aliphatic imine (C=N–C) groups is 1. The van der Waals surface area contributed by atoms with E-state index in [2.05, 4.69) is 65.8 Å². The molecule has 1 fully saturated rings. The molecule has 1 aliphatic carbocycles. The number of hydrogen-bond donors (Lipinski definition) is 0. The Morgan fingerprint density at radius 3 is 2.05 bits per heavy atom. The highest BCUT2D eigenvalue weighted by Gasteiger charge is 2.39. The predicted molar refractivity (Wildman–Crippen MR) is 158 cm³/mol. The summed E-state index contributed by atoms with van der Waals surface area (Å²) in [6, 6.07) is 19.6. The highest BCUT2D eigenvalue weighted by molar-refractivity contribution is 6.13. The molecule has 5 atom stereocenters. The average Bonchev–Trinajstić information content (AvgIpc) is 2.88. The van der Waals surface area contributed by atoms with Gasteiger partial charge in [0.2, 0.25) is 0 Å². The van der Waals surface area contributed by atoms with E-state index in [9.17, 15) is 4.79 Å². The first-order chi connectivity index (χ1) is 18.1. The highest BCUT2D eigenvalue weighted by Crippen LogP contribution is 2.38. The Balaban J connectivity index is 1.94. The lowest BCUT2D eigenvalue weighted by Crippen LogP contribution is -2.40. The molecule has 38 heavy (non-hydrogen) atoms. The van der Waals surface area contributed by atoms with Crippen LogP contribution in [0.2, 0.25) is 0 Å². The van der Waals surface area contributed by atoms with E-state index in [0.29, 0.717) is 31.0 Å². The summed E-state index contributed by atoms with van der Waals surface area (Å²) in [7, 11) is 0. The Kier molecular flexibility index (Phi) is 11.1. The minimum atomic E-state index is -0.625. The third kappa shape index (κ3) is 8.27. The van der Waals surface area contributed by atoms with Gasteiger partial charge in [-0.2, -0.15) is 0 Å². The van der Waals surface area contributed by atoms with Gasteiger partial charge in [0.25, 0.3) is 0 Å². The molecule has 0 aliphatic heterocycles. The van der Waals surface area contributed by atoms with E-state index in [1.165, 1.54) is 12.8 Å². The fraction of sp³-hybridized carbons (Fsp3) is 0.588. The van der Waals surface area contributed by atoms with Gasteiger partial charge >= 0.3 is 5.97 Å². The molecule has 0 N–H and O–H groups in total. The number of nitrogens with zero attached hydrogens (tertiary/aromatic N) is 1. The van der Waals surface area contributed by atoms with Crippen LogP contribution in [0.3, 0.4) is 0 Å². The lowest BCUT2D eigenvalue weighted by Gasteiger charge is -2.38. The number of ether oxygens (including phenoxy) is 2. The van der Waals surface area contributed by atoms with E-state index in [1.54, 1.807) is 0 Å². The van der Waals surface area contributed by atoms with Crippen LogP contribution in [0, 0.1) is 29.1 Å². The molecule has 0 radical (unpaired) electrons. The minimum absolute atomic E-state index is 0.0394. The lowest BCUT2D eigenvalue weighted by molar-refractivity contribution is -0.147. The Morgan fingerprint density at radius 1 is 0.974 bits per heavy atom. The van der Waals surface area contributed by atoms with Crippen LogP contribution in [-0.2, 0) is 14.3 Å². The Labute approximate surface area is 231 Å². The Hall–Kier alpha value is -2.46. The molecule has 0 heterocycles. The van der Waals surface area contributed by atoms with Crippen molar-refractivity contribution in [3.8, 4) is 0 Å². The molecule has 0 bridgehead atoms. The van der Waals surface area contributed by atoms with Crippen molar-refractivity contribution in [2.75, 3.05) is 13.2 Å². The molecule has 0 unspecified atom stereocenters. The Morgan fingerprint density at radius 2 is 1.55 bits per heavy atom. The summed E-state index contributed by atoms with van der Waals surface area (Å²) >= 11 is 0. The van der Waals surface area contributed by atoms with E-state index < -0.39 is 6.04 Å². The third-order valence-corrected chi connectivity index (χ3v) is 8.11. The van der Waals surface area contributed by atoms with Crippen LogP contribution >= 0.6 is 0 Å². The molecular formula is C34H49NO3. The van der Waals surface area contributed by atoms with Crippen molar-refractivity contribution < 1.29 is 14.3 Å². The van der Waals surface area contributed by atoms with Crippen LogP contribution in [0.5, 0.6) is 0 Å². The van der Waals surface area contributed by atoms with Crippen LogP contribution in [0.4, 0.5) is 0 Å². The second-order valence-electron chi connectivity index (χ2n) is 12.4. The van der Waals surface area contributed by atoms with E-state index >= 15 is 0 Å². The first-order valence-corrected chi connectivity index (χ1v) is 14.6. The number of hydrogen-bond acceptors (Lipinski definition) is 4. The van der Waals surface area contributed by atoms with Gasteiger partial charge in [0.15, 0.2) is 6.04 Å². The molecule has 1 aliphatic rings. The lowest BCUT2D eigenvalue weighted by atomic mass is 9.74. The zero-order valence-corrected chi connectivity index (χ0v) is 24.7. The maximum Gasteiger partial charge on any atom is 0.331 e. The zero-order chi connectivity index (χ0) is 27.7. The van der Waals surface area contributed by atoms with Crippen LogP contribution in [-0.4, -0.2) is 37.0 Å². The fourth-order valence-corrected chi connectivity index (χ4v) is 5.90. The standard InChI is InChI=1S/C34H49NO3/c1-8-37-33(36)32(35-31(26-15-11-9-12-16-26)27-17-13-10-14-18-27)29(34(5,6)7)21-22-38-30-23-25(4)19-20-28(30)24(2)3/h9-18,24-25,28-30,32H,8,19-23H2,1-7H3/t25-,28+,29+,30-,32+/m0/s1. The largest absolute Gasteiger partial charge is 0.464 e. The van der Waals surface area contributed by atoms with Crippen LogP contribution in [0.15, 0.2) is 65.7 Å². The summed E-state index contributed by atoms with van der Waals surface area (Å²) < 4.78 is 12.2. The fourth-order valence-electron chi connectivity index (χ4n) is 5.90. The number of benzene rings is 2. The molecular weight excluding hydrogens is 470 g/mol. The quantitative estimate of drug-likeness (QED) is 0.223. The molecule has 0 aromatic heterocycles. The SMILES string of the molecule is CCOC(=O)[C@H](N=C(c1ccccc1)c1ccccc1)[C@@H](CCO[C@H]1C[C@@H](C)CC[C@@H]1C(C)C)C(C)(C)C. The molecule has 2 aromatic rings. The number of carbonyl (C=O) groups is 1. The van der Waals surface area contributed by atoms with Crippen molar-refractivity contribution >= 4 is 11.7 Å². The van der Waals surface area contributed by atoms with E-state index in [0.717, 1.165) is 29.7 Å². The van der Waals surface area contributed by atoms with Crippen molar-refractivity contribution in [2.45, 2.75) is 86.3 Å². The summed E-state index contributed by atoms with van der Waals surface area (Å²) in [5, 5.41) is 0. The first-order valence-electron chi connectivity index (χ1n) is 14.6. The predicted octanol–water partition coefficient (Wildman–Crippen LogP) is 7.99. The summed E-state index contributed by atoms with van der Waals surface area (Å²) in [5.74, 6) is 1.61. The van der Waals surface area contributed by atoms with Crippen molar-refractivity contribution in [1.82, 2.24) is 0 Å². The molecule has 4 heteroatoms. The first kappa shape index (κ1) is 30.1. The molecule has 0 spiro atoms.